The van der Waals surface area contributed by atoms with Gasteiger partial charge in [-0.05, 0) is 51.7 Å². The Morgan fingerprint density at radius 3 is 2.67 bits per heavy atom. The van der Waals surface area contributed by atoms with Gasteiger partial charge in [0, 0.05) is 12.4 Å². The van der Waals surface area contributed by atoms with E-state index < -0.39 is 0 Å². The van der Waals surface area contributed by atoms with Gasteiger partial charge in [-0.1, -0.05) is 12.1 Å². The van der Waals surface area contributed by atoms with Gasteiger partial charge in [-0.3, -0.25) is 16.3 Å². The number of benzene rings is 1. The number of hydrogen-bond donors (Lipinski definition) is 2. The molecule has 0 aliphatic heterocycles. The van der Waals surface area contributed by atoms with Crippen LogP contribution in [0.3, 0.4) is 0 Å². The van der Waals surface area contributed by atoms with E-state index >= 15 is 0 Å². The summed E-state index contributed by atoms with van der Waals surface area (Å²) in [4.78, 5) is 3.96. The smallest absolute Gasteiger partial charge is 0.137 e. The lowest BCUT2D eigenvalue weighted by molar-refractivity contribution is 0.540. The van der Waals surface area contributed by atoms with E-state index in [4.69, 9.17) is 5.84 Å². The quantitative estimate of drug-likeness (QED) is 0.674. The summed E-state index contributed by atoms with van der Waals surface area (Å²) in [5.74, 6) is 5.27. The highest BCUT2D eigenvalue weighted by molar-refractivity contribution is 9.10. The lowest BCUT2D eigenvalue weighted by Crippen LogP contribution is -2.30. The minimum atomic E-state index is -0.289. The van der Waals surface area contributed by atoms with Gasteiger partial charge in [0.05, 0.1) is 10.5 Å². The number of hydrazine groups is 1. The minimum absolute atomic E-state index is 0.155. The van der Waals surface area contributed by atoms with Crippen molar-refractivity contribution in [1.82, 2.24) is 10.4 Å². The molecule has 1 aromatic carbocycles. The van der Waals surface area contributed by atoms with Gasteiger partial charge in [0.2, 0.25) is 0 Å². The van der Waals surface area contributed by atoms with Crippen LogP contribution in [0, 0.1) is 5.82 Å². The predicted molar refractivity (Wildman–Crippen MR) is 72.1 cm³/mol. The molecular formula is C13H13BrFN3. The fourth-order valence-corrected chi connectivity index (χ4v) is 2.34. The molecule has 0 amide bonds. The molecule has 0 aliphatic carbocycles. The Morgan fingerprint density at radius 2 is 2.00 bits per heavy atom. The third-order valence-electron chi connectivity index (χ3n) is 2.75. The normalized spacial score (nSPS) is 12.4. The second-order valence-electron chi connectivity index (χ2n) is 3.92. The van der Waals surface area contributed by atoms with Crippen molar-refractivity contribution >= 4 is 15.9 Å². The number of pyridine rings is 1. The molecule has 3 N–H and O–H groups in total. The monoisotopic (exact) mass is 309 g/mol. The van der Waals surface area contributed by atoms with Crippen LogP contribution >= 0.6 is 15.9 Å². The number of nitrogens with zero attached hydrogens (tertiary/aromatic N) is 1. The topological polar surface area (TPSA) is 50.9 Å². The standard InChI is InChI=1S/C13H13BrFN3/c14-13-10(2-1-3-11(13)15)12(18-16)8-9-4-6-17-7-5-9/h1-7,12,18H,8,16H2. The van der Waals surface area contributed by atoms with E-state index in [1.54, 1.807) is 18.5 Å². The van der Waals surface area contributed by atoms with Crippen LogP contribution < -0.4 is 11.3 Å². The van der Waals surface area contributed by atoms with E-state index in [2.05, 4.69) is 26.3 Å². The molecule has 1 heterocycles. The van der Waals surface area contributed by atoms with Crippen molar-refractivity contribution in [3.8, 4) is 0 Å². The van der Waals surface area contributed by atoms with Crippen molar-refractivity contribution in [2.75, 3.05) is 0 Å². The van der Waals surface area contributed by atoms with Crippen LogP contribution in [0.5, 0.6) is 0 Å². The summed E-state index contributed by atoms with van der Waals surface area (Å²) in [5, 5.41) is 0. The van der Waals surface area contributed by atoms with Gasteiger partial charge in [0.1, 0.15) is 5.82 Å². The zero-order valence-corrected chi connectivity index (χ0v) is 11.2. The largest absolute Gasteiger partial charge is 0.271 e. The maximum Gasteiger partial charge on any atom is 0.137 e. The van der Waals surface area contributed by atoms with E-state index in [1.807, 2.05) is 18.2 Å². The number of hydrogen-bond acceptors (Lipinski definition) is 3. The van der Waals surface area contributed by atoms with Gasteiger partial charge in [-0.25, -0.2) is 4.39 Å². The Balaban J connectivity index is 2.26. The number of rotatable bonds is 4. The first kappa shape index (κ1) is 13.1. The molecule has 5 heteroatoms. The molecule has 0 aliphatic rings. The van der Waals surface area contributed by atoms with Crippen molar-refractivity contribution in [1.29, 1.82) is 0 Å². The molecule has 1 atom stereocenters. The number of nitrogens with one attached hydrogen (secondary N) is 1. The predicted octanol–water partition coefficient (Wildman–Crippen LogP) is 2.73. The minimum Gasteiger partial charge on any atom is -0.271 e. The molecule has 2 rings (SSSR count). The maximum atomic E-state index is 13.5. The zero-order chi connectivity index (χ0) is 13.0. The fourth-order valence-electron chi connectivity index (χ4n) is 1.80. The first-order chi connectivity index (χ1) is 8.72. The summed E-state index contributed by atoms with van der Waals surface area (Å²) in [6, 6.07) is 8.60. The first-order valence-electron chi connectivity index (χ1n) is 5.51. The molecule has 3 nitrogen and oxygen atoms in total. The molecule has 2 aromatic rings. The molecule has 94 valence electrons. The van der Waals surface area contributed by atoms with Crippen LogP contribution in [0.2, 0.25) is 0 Å². The second kappa shape index (κ2) is 6.04. The van der Waals surface area contributed by atoms with Crippen molar-refractivity contribution in [2.24, 2.45) is 5.84 Å². The average molecular weight is 310 g/mol. The average Bonchev–Trinajstić information content (AvgIpc) is 2.41. The highest BCUT2D eigenvalue weighted by Gasteiger charge is 2.15. The van der Waals surface area contributed by atoms with Gasteiger partial charge < -0.3 is 0 Å². The highest BCUT2D eigenvalue weighted by Crippen LogP contribution is 2.27. The summed E-state index contributed by atoms with van der Waals surface area (Å²) < 4.78 is 13.9. The van der Waals surface area contributed by atoms with Crippen LogP contribution in [0.1, 0.15) is 17.2 Å². The molecule has 0 fully saturated rings. The lowest BCUT2D eigenvalue weighted by atomic mass is 10.00. The van der Waals surface area contributed by atoms with Crippen molar-refractivity contribution in [3.63, 3.8) is 0 Å². The third-order valence-corrected chi connectivity index (χ3v) is 3.58. The van der Waals surface area contributed by atoms with Crippen LogP contribution in [-0.4, -0.2) is 4.98 Å². The summed E-state index contributed by atoms with van der Waals surface area (Å²) >= 11 is 3.25. The van der Waals surface area contributed by atoms with E-state index in [1.165, 1.54) is 6.07 Å². The number of halogens is 2. The Morgan fingerprint density at radius 1 is 1.28 bits per heavy atom. The SMILES string of the molecule is NNC(Cc1ccncc1)c1cccc(F)c1Br. The summed E-state index contributed by atoms with van der Waals surface area (Å²) in [7, 11) is 0. The second-order valence-corrected chi connectivity index (χ2v) is 4.71. The summed E-state index contributed by atoms with van der Waals surface area (Å²) in [6.07, 6.45) is 4.12. The Labute approximate surface area is 113 Å². The fraction of sp³-hybridized carbons (Fsp3) is 0.154. The number of aromatic nitrogens is 1. The van der Waals surface area contributed by atoms with Gasteiger partial charge in [-0.2, -0.15) is 0 Å². The molecule has 0 saturated heterocycles. The summed E-state index contributed by atoms with van der Waals surface area (Å²) in [5.41, 5.74) is 4.61. The molecule has 0 spiro atoms. The molecule has 1 aromatic heterocycles. The van der Waals surface area contributed by atoms with Crippen LogP contribution in [0.15, 0.2) is 47.2 Å². The molecule has 0 bridgehead atoms. The van der Waals surface area contributed by atoms with E-state index in [0.717, 1.165) is 11.1 Å². The van der Waals surface area contributed by atoms with Crippen molar-refractivity contribution in [2.45, 2.75) is 12.5 Å². The number of nitrogens with two attached hydrogens (primary N) is 1. The Bertz CT molecular complexity index is 519. The van der Waals surface area contributed by atoms with E-state index in [9.17, 15) is 4.39 Å². The van der Waals surface area contributed by atoms with Crippen LogP contribution in [0.4, 0.5) is 4.39 Å². The third kappa shape index (κ3) is 2.93. The zero-order valence-electron chi connectivity index (χ0n) is 9.61. The van der Waals surface area contributed by atoms with Gasteiger partial charge in [0.15, 0.2) is 0 Å². The van der Waals surface area contributed by atoms with E-state index in [-0.39, 0.29) is 11.9 Å². The van der Waals surface area contributed by atoms with Gasteiger partial charge in [-0.15, -0.1) is 0 Å². The molecule has 1 unspecified atom stereocenters. The molecule has 0 saturated carbocycles. The Hall–Kier alpha value is -1.30. The van der Waals surface area contributed by atoms with Crippen molar-refractivity contribution in [3.05, 3.63) is 64.1 Å². The highest BCUT2D eigenvalue weighted by atomic mass is 79.9. The van der Waals surface area contributed by atoms with Crippen molar-refractivity contribution < 1.29 is 4.39 Å². The van der Waals surface area contributed by atoms with Gasteiger partial charge in [0.25, 0.3) is 0 Å². The molecule has 0 radical (unpaired) electrons. The van der Waals surface area contributed by atoms with Crippen LogP contribution in [0.25, 0.3) is 0 Å². The molecular weight excluding hydrogens is 297 g/mol. The maximum absolute atomic E-state index is 13.5. The summed E-state index contributed by atoms with van der Waals surface area (Å²) in [6.45, 7) is 0. The van der Waals surface area contributed by atoms with Crippen LogP contribution in [-0.2, 0) is 6.42 Å². The first-order valence-corrected chi connectivity index (χ1v) is 6.30. The Kier molecular flexibility index (Phi) is 4.41. The van der Waals surface area contributed by atoms with Gasteiger partial charge >= 0.3 is 0 Å². The molecule has 18 heavy (non-hydrogen) atoms. The lowest BCUT2D eigenvalue weighted by Gasteiger charge is -2.18. The van der Waals surface area contributed by atoms with E-state index in [0.29, 0.717) is 10.9 Å².